The third-order valence-corrected chi connectivity index (χ3v) is 1.98. The molecule has 0 aliphatic carbocycles. The van der Waals surface area contributed by atoms with Gasteiger partial charge in [-0.25, -0.2) is 4.79 Å². The van der Waals surface area contributed by atoms with Crippen LogP contribution in [0.2, 0.25) is 0 Å². The zero-order valence-corrected chi connectivity index (χ0v) is 8.13. The average Bonchev–Trinajstić information content (AvgIpc) is 2.55. The minimum absolute atomic E-state index is 0.00608. The Hall–Kier alpha value is -1.68. The van der Waals surface area contributed by atoms with Crippen LogP contribution in [0.1, 0.15) is 13.3 Å². The minimum atomic E-state index is -0.00608. The number of aryl methyl sites for hydroxylation is 2. The zero-order chi connectivity index (χ0) is 10.4. The molecule has 0 bridgehead atoms. The molecule has 0 aromatic carbocycles. The number of azide groups is 1. The van der Waals surface area contributed by atoms with E-state index in [0.29, 0.717) is 26.1 Å². The highest BCUT2D eigenvalue weighted by Crippen LogP contribution is 1.90. The summed E-state index contributed by atoms with van der Waals surface area (Å²) in [5.41, 5.74) is 8.04. The molecule has 0 spiro atoms. The van der Waals surface area contributed by atoms with Gasteiger partial charge < -0.3 is 0 Å². The summed E-state index contributed by atoms with van der Waals surface area (Å²) in [6.07, 6.45) is 4.20. The molecule has 1 rings (SSSR count). The third kappa shape index (κ3) is 2.40. The van der Waals surface area contributed by atoms with Crippen LogP contribution >= 0.6 is 0 Å². The molecule has 0 N–H and O–H groups in total. The van der Waals surface area contributed by atoms with Gasteiger partial charge in [0.2, 0.25) is 0 Å². The van der Waals surface area contributed by atoms with E-state index < -0.39 is 0 Å². The van der Waals surface area contributed by atoms with Crippen molar-refractivity contribution in [2.45, 2.75) is 26.4 Å². The van der Waals surface area contributed by atoms with Crippen molar-refractivity contribution >= 4 is 0 Å². The number of hydrogen-bond acceptors (Lipinski definition) is 2. The molecule has 14 heavy (non-hydrogen) atoms. The summed E-state index contributed by atoms with van der Waals surface area (Å²) >= 11 is 0. The van der Waals surface area contributed by atoms with Crippen LogP contribution in [0.5, 0.6) is 0 Å². The highest BCUT2D eigenvalue weighted by molar-refractivity contribution is 4.80. The van der Waals surface area contributed by atoms with Gasteiger partial charge in [-0.3, -0.25) is 9.13 Å². The van der Waals surface area contributed by atoms with Gasteiger partial charge in [0.15, 0.2) is 0 Å². The molecule has 0 radical (unpaired) electrons. The summed E-state index contributed by atoms with van der Waals surface area (Å²) in [6, 6.07) is 0. The van der Waals surface area contributed by atoms with Crippen LogP contribution in [-0.4, -0.2) is 15.7 Å². The first-order valence-corrected chi connectivity index (χ1v) is 4.56. The molecular weight excluding hydrogens is 182 g/mol. The van der Waals surface area contributed by atoms with E-state index in [2.05, 4.69) is 10.0 Å². The van der Waals surface area contributed by atoms with E-state index in [4.69, 9.17) is 5.53 Å². The molecule has 6 nitrogen and oxygen atoms in total. The van der Waals surface area contributed by atoms with Gasteiger partial charge in [-0.05, 0) is 18.9 Å². The van der Waals surface area contributed by atoms with E-state index in [9.17, 15) is 4.79 Å². The number of hydrogen-bond donors (Lipinski definition) is 0. The smallest absolute Gasteiger partial charge is 0.300 e. The molecule has 1 heterocycles. The van der Waals surface area contributed by atoms with E-state index >= 15 is 0 Å². The summed E-state index contributed by atoms with van der Waals surface area (Å²) in [6.45, 7) is 3.64. The quantitative estimate of drug-likeness (QED) is 0.302. The molecule has 1 aromatic heterocycles. The molecule has 1 aromatic rings. The standard InChI is InChI=1S/C8H13N5O/c1-2-12-6-7-13(8(12)14)5-3-4-10-11-9/h6-7H,2-5H2,1H3. The van der Waals surface area contributed by atoms with Crippen molar-refractivity contribution in [3.63, 3.8) is 0 Å². The number of aromatic nitrogens is 2. The summed E-state index contributed by atoms with van der Waals surface area (Å²) in [5, 5.41) is 3.40. The Morgan fingerprint density at radius 3 is 2.79 bits per heavy atom. The van der Waals surface area contributed by atoms with Gasteiger partial charge in [0.25, 0.3) is 0 Å². The van der Waals surface area contributed by atoms with Gasteiger partial charge in [0.05, 0.1) is 0 Å². The Balaban J connectivity index is 2.55. The lowest BCUT2D eigenvalue weighted by Gasteiger charge is -1.98. The molecule has 0 fully saturated rings. The Kier molecular flexibility index (Phi) is 3.82. The van der Waals surface area contributed by atoms with E-state index in [1.807, 2.05) is 6.92 Å². The Morgan fingerprint density at radius 2 is 2.21 bits per heavy atom. The molecule has 0 saturated heterocycles. The SMILES string of the molecule is CCn1ccn(CCCN=[N+]=[N-])c1=O. The van der Waals surface area contributed by atoms with Crippen molar-refractivity contribution in [3.8, 4) is 0 Å². The largest absolute Gasteiger partial charge is 0.328 e. The average molecular weight is 195 g/mol. The molecule has 0 unspecified atom stereocenters. The first-order chi connectivity index (χ1) is 6.79. The summed E-state index contributed by atoms with van der Waals surface area (Å²) in [5.74, 6) is 0. The second-order valence-electron chi connectivity index (χ2n) is 2.87. The second kappa shape index (κ2) is 5.14. The van der Waals surface area contributed by atoms with Crippen molar-refractivity contribution in [1.82, 2.24) is 9.13 Å². The maximum atomic E-state index is 11.5. The highest BCUT2D eigenvalue weighted by Gasteiger charge is 1.99. The maximum Gasteiger partial charge on any atom is 0.328 e. The van der Waals surface area contributed by atoms with Gasteiger partial charge in [-0.2, -0.15) is 0 Å². The Bertz CT molecular complexity index is 385. The highest BCUT2D eigenvalue weighted by atomic mass is 16.1. The van der Waals surface area contributed by atoms with E-state index in [1.165, 1.54) is 0 Å². The lowest BCUT2D eigenvalue weighted by molar-refractivity contribution is 0.601. The molecule has 76 valence electrons. The third-order valence-electron chi connectivity index (χ3n) is 1.98. The first-order valence-electron chi connectivity index (χ1n) is 4.56. The minimum Gasteiger partial charge on any atom is -0.300 e. The Morgan fingerprint density at radius 1 is 1.50 bits per heavy atom. The predicted octanol–water partition coefficient (Wildman–Crippen LogP) is 1.37. The normalized spacial score (nSPS) is 9.79. The predicted molar refractivity (Wildman–Crippen MR) is 53.0 cm³/mol. The summed E-state index contributed by atoms with van der Waals surface area (Å²) < 4.78 is 3.25. The molecule has 0 aliphatic heterocycles. The van der Waals surface area contributed by atoms with Crippen LogP contribution in [0.4, 0.5) is 0 Å². The molecule has 0 atom stereocenters. The summed E-state index contributed by atoms with van der Waals surface area (Å²) in [7, 11) is 0. The second-order valence-corrected chi connectivity index (χ2v) is 2.87. The molecule has 0 saturated carbocycles. The van der Waals surface area contributed by atoms with Gasteiger partial charge in [-0.1, -0.05) is 5.11 Å². The first kappa shape index (κ1) is 10.4. The fourth-order valence-electron chi connectivity index (χ4n) is 1.22. The van der Waals surface area contributed by atoms with Gasteiger partial charge in [0, 0.05) is 36.9 Å². The van der Waals surface area contributed by atoms with E-state index in [-0.39, 0.29) is 5.69 Å². The Labute approximate surface area is 81.4 Å². The van der Waals surface area contributed by atoms with Crippen molar-refractivity contribution in [1.29, 1.82) is 0 Å². The lowest BCUT2D eigenvalue weighted by atomic mass is 10.4. The molecular formula is C8H13N5O. The van der Waals surface area contributed by atoms with Crippen molar-refractivity contribution in [2.24, 2.45) is 5.11 Å². The van der Waals surface area contributed by atoms with Crippen molar-refractivity contribution in [3.05, 3.63) is 33.3 Å². The van der Waals surface area contributed by atoms with E-state index in [1.54, 1.807) is 21.5 Å². The van der Waals surface area contributed by atoms with Gasteiger partial charge in [-0.15, -0.1) is 0 Å². The van der Waals surface area contributed by atoms with E-state index in [0.717, 1.165) is 0 Å². The molecule has 0 amide bonds. The topological polar surface area (TPSA) is 75.7 Å². The van der Waals surface area contributed by atoms with Crippen LogP contribution in [0, 0.1) is 0 Å². The number of rotatable bonds is 5. The van der Waals surface area contributed by atoms with Crippen LogP contribution in [0.25, 0.3) is 10.4 Å². The monoisotopic (exact) mass is 195 g/mol. The van der Waals surface area contributed by atoms with Crippen molar-refractivity contribution < 1.29 is 0 Å². The number of imidazole rings is 1. The van der Waals surface area contributed by atoms with Gasteiger partial charge >= 0.3 is 5.69 Å². The fraction of sp³-hybridized carbons (Fsp3) is 0.625. The van der Waals surface area contributed by atoms with Crippen LogP contribution in [0.3, 0.4) is 0 Å². The van der Waals surface area contributed by atoms with Gasteiger partial charge in [0.1, 0.15) is 0 Å². The van der Waals surface area contributed by atoms with Crippen LogP contribution in [0.15, 0.2) is 22.3 Å². The zero-order valence-electron chi connectivity index (χ0n) is 8.13. The van der Waals surface area contributed by atoms with Crippen molar-refractivity contribution in [2.75, 3.05) is 6.54 Å². The number of nitrogens with zero attached hydrogens (tertiary/aromatic N) is 5. The lowest BCUT2D eigenvalue weighted by Crippen LogP contribution is -2.23. The maximum absolute atomic E-state index is 11.5. The summed E-state index contributed by atoms with van der Waals surface area (Å²) in [4.78, 5) is 14.1. The molecule has 6 heteroatoms. The molecule has 0 aliphatic rings. The van der Waals surface area contributed by atoms with Crippen LogP contribution < -0.4 is 5.69 Å². The fourth-order valence-corrected chi connectivity index (χ4v) is 1.22. The van der Waals surface area contributed by atoms with Crippen LogP contribution in [-0.2, 0) is 13.1 Å².